The number of aryl methyl sites for hydroxylation is 1. The predicted molar refractivity (Wildman–Crippen MR) is 124 cm³/mol. The monoisotopic (exact) mass is 496 g/mol. The SMILES string of the molecule is Cc1cc(=O)nc2sc(N3CCN(C(=O)C(NS(=O)(=O)c4cccs4)C(C)C)CC3)nn12. The van der Waals surface area contributed by atoms with Crippen molar-refractivity contribution in [2.24, 2.45) is 5.92 Å². The predicted octanol–water partition coefficient (Wildman–Crippen LogP) is 1.17. The number of anilines is 1. The lowest BCUT2D eigenvalue weighted by molar-refractivity contribution is -0.134. The number of carbonyl (C=O) groups is 1. The van der Waals surface area contributed by atoms with E-state index in [0.717, 1.165) is 16.5 Å². The molecule has 0 radical (unpaired) electrons. The molecule has 1 amide bonds. The second-order valence-electron chi connectivity index (χ2n) is 7.90. The van der Waals surface area contributed by atoms with Crippen LogP contribution in [0.1, 0.15) is 19.5 Å². The number of rotatable bonds is 6. The van der Waals surface area contributed by atoms with E-state index < -0.39 is 16.1 Å². The topological polar surface area (TPSA) is 117 Å². The highest BCUT2D eigenvalue weighted by atomic mass is 32.2. The summed E-state index contributed by atoms with van der Waals surface area (Å²) < 4.78 is 29.7. The molecule has 32 heavy (non-hydrogen) atoms. The second-order valence-corrected chi connectivity index (χ2v) is 11.7. The minimum Gasteiger partial charge on any atom is -0.343 e. The van der Waals surface area contributed by atoms with Crippen LogP contribution in [0, 0.1) is 12.8 Å². The average Bonchev–Trinajstić information content (AvgIpc) is 3.42. The quantitative estimate of drug-likeness (QED) is 0.544. The first kappa shape index (κ1) is 22.8. The average molecular weight is 497 g/mol. The van der Waals surface area contributed by atoms with Crippen LogP contribution in [-0.4, -0.2) is 66.0 Å². The standard InChI is InChI=1S/C19H24N6O4S3/c1-12(2)16(22-32(28,29)15-5-4-10-30-15)17(27)23-6-8-24(9-7-23)19-21-25-13(3)11-14(26)20-18(25)31-19/h4-5,10-12,16,22H,6-9H2,1-3H3. The molecule has 0 bridgehead atoms. The first-order chi connectivity index (χ1) is 15.2. The normalized spacial score (nSPS) is 16.1. The molecular weight excluding hydrogens is 472 g/mol. The summed E-state index contributed by atoms with van der Waals surface area (Å²) in [7, 11) is -3.75. The van der Waals surface area contributed by atoms with Crippen molar-refractivity contribution in [2.45, 2.75) is 31.0 Å². The number of thiophene rings is 1. The van der Waals surface area contributed by atoms with Gasteiger partial charge in [0.05, 0.1) is 0 Å². The molecular formula is C19H24N6O4S3. The van der Waals surface area contributed by atoms with E-state index in [9.17, 15) is 18.0 Å². The second kappa shape index (κ2) is 8.89. The Morgan fingerprint density at radius 2 is 1.94 bits per heavy atom. The minimum atomic E-state index is -3.75. The molecule has 1 aliphatic heterocycles. The maximum atomic E-state index is 13.2. The van der Waals surface area contributed by atoms with Crippen LogP contribution in [-0.2, 0) is 14.8 Å². The Labute approximate surface area is 193 Å². The van der Waals surface area contributed by atoms with Crippen molar-refractivity contribution in [3.05, 3.63) is 39.6 Å². The maximum absolute atomic E-state index is 13.2. The van der Waals surface area contributed by atoms with Crippen LogP contribution in [0.5, 0.6) is 0 Å². The van der Waals surface area contributed by atoms with Gasteiger partial charge in [-0.25, -0.2) is 12.9 Å². The van der Waals surface area contributed by atoms with Crippen molar-refractivity contribution in [1.82, 2.24) is 24.2 Å². The van der Waals surface area contributed by atoms with Crippen molar-refractivity contribution >= 4 is 48.7 Å². The fraction of sp³-hybridized carbons (Fsp3) is 0.474. The van der Waals surface area contributed by atoms with E-state index in [1.807, 2.05) is 18.7 Å². The molecule has 1 saturated heterocycles. The lowest BCUT2D eigenvalue weighted by Crippen LogP contribution is -2.56. The molecule has 0 aliphatic carbocycles. The molecule has 172 valence electrons. The fourth-order valence-corrected chi connectivity index (χ4v) is 6.85. The molecule has 1 atom stereocenters. The van der Waals surface area contributed by atoms with Gasteiger partial charge in [0.15, 0.2) is 0 Å². The van der Waals surface area contributed by atoms with Crippen molar-refractivity contribution < 1.29 is 13.2 Å². The third-order valence-electron chi connectivity index (χ3n) is 5.26. The van der Waals surface area contributed by atoms with Gasteiger partial charge in [0.2, 0.25) is 16.0 Å². The van der Waals surface area contributed by atoms with E-state index in [0.29, 0.717) is 36.8 Å². The molecule has 13 heteroatoms. The molecule has 3 aromatic rings. The summed E-state index contributed by atoms with van der Waals surface area (Å²) in [5.41, 5.74) is 0.423. The summed E-state index contributed by atoms with van der Waals surface area (Å²) in [6.45, 7) is 7.46. The number of piperazine rings is 1. The summed E-state index contributed by atoms with van der Waals surface area (Å²) >= 11 is 2.45. The van der Waals surface area contributed by atoms with Crippen molar-refractivity contribution in [2.75, 3.05) is 31.1 Å². The Balaban J connectivity index is 1.45. The zero-order chi connectivity index (χ0) is 23.0. The van der Waals surface area contributed by atoms with Crippen molar-refractivity contribution in [3.63, 3.8) is 0 Å². The minimum absolute atomic E-state index is 0.194. The summed E-state index contributed by atoms with van der Waals surface area (Å²) in [6.07, 6.45) is 0. The van der Waals surface area contributed by atoms with Gasteiger partial charge >= 0.3 is 0 Å². The number of fused-ring (bicyclic) bond motifs is 1. The van der Waals surface area contributed by atoms with Gasteiger partial charge in [-0.15, -0.1) is 16.4 Å². The van der Waals surface area contributed by atoms with Gasteiger partial charge < -0.3 is 9.80 Å². The van der Waals surface area contributed by atoms with Gasteiger partial charge in [0, 0.05) is 37.9 Å². The first-order valence-electron chi connectivity index (χ1n) is 10.1. The van der Waals surface area contributed by atoms with E-state index in [-0.39, 0.29) is 21.6 Å². The molecule has 3 aromatic heterocycles. The number of nitrogens with zero attached hydrogens (tertiary/aromatic N) is 5. The third kappa shape index (κ3) is 4.56. The van der Waals surface area contributed by atoms with Gasteiger partial charge in [-0.3, -0.25) is 9.59 Å². The number of nitrogens with one attached hydrogen (secondary N) is 1. The van der Waals surface area contributed by atoms with E-state index in [4.69, 9.17) is 0 Å². The number of amides is 1. The molecule has 1 N–H and O–H groups in total. The molecule has 4 rings (SSSR count). The van der Waals surface area contributed by atoms with E-state index in [1.54, 1.807) is 27.8 Å². The van der Waals surface area contributed by atoms with Crippen LogP contribution in [0.4, 0.5) is 5.13 Å². The molecule has 0 spiro atoms. The van der Waals surface area contributed by atoms with Gasteiger partial charge in [0.1, 0.15) is 10.3 Å². The van der Waals surface area contributed by atoms with Gasteiger partial charge in [0.25, 0.3) is 15.6 Å². The van der Waals surface area contributed by atoms with Gasteiger partial charge in [-0.2, -0.15) is 9.71 Å². The first-order valence-corrected chi connectivity index (χ1v) is 13.3. The van der Waals surface area contributed by atoms with Crippen molar-refractivity contribution in [1.29, 1.82) is 0 Å². The zero-order valence-electron chi connectivity index (χ0n) is 17.9. The molecule has 0 saturated carbocycles. The molecule has 1 unspecified atom stereocenters. The Kier molecular flexibility index (Phi) is 6.34. The van der Waals surface area contributed by atoms with Crippen LogP contribution in [0.15, 0.2) is 32.6 Å². The van der Waals surface area contributed by atoms with Crippen LogP contribution in [0.2, 0.25) is 0 Å². The lowest BCUT2D eigenvalue weighted by atomic mass is 10.0. The van der Waals surface area contributed by atoms with Crippen molar-refractivity contribution in [3.8, 4) is 0 Å². The van der Waals surface area contributed by atoms with Crippen LogP contribution in [0.25, 0.3) is 4.96 Å². The number of sulfonamides is 1. The molecule has 10 nitrogen and oxygen atoms in total. The maximum Gasteiger partial charge on any atom is 0.274 e. The molecule has 1 aliphatic rings. The number of hydrogen-bond donors (Lipinski definition) is 1. The van der Waals surface area contributed by atoms with E-state index in [1.165, 1.54) is 23.5 Å². The molecule has 4 heterocycles. The van der Waals surface area contributed by atoms with E-state index in [2.05, 4.69) is 14.8 Å². The summed E-state index contributed by atoms with van der Waals surface area (Å²) in [5.74, 6) is -0.432. The Morgan fingerprint density at radius 3 is 2.56 bits per heavy atom. The molecule has 0 aromatic carbocycles. The fourth-order valence-electron chi connectivity index (χ4n) is 3.50. The highest BCUT2D eigenvalue weighted by molar-refractivity contribution is 7.91. The third-order valence-corrected chi connectivity index (χ3v) is 9.07. The Hall–Kier alpha value is -2.35. The Bertz CT molecular complexity index is 1270. The highest BCUT2D eigenvalue weighted by Gasteiger charge is 2.33. The largest absolute Gasteiger partial charge is 0.343 e. The molecule has 1 fully saturated rings. The number of aromatic nitrogens is 3. The Morgan fingerprint density at radius 1 is 1.22 bits per heavy atom. The van der Waals surface area contributed by atoms with Crippen LogP contribution < -0.4 is 15.2 Å². The summed E-state index contributed by atoms with van der Waals surface area (Å²) in [4.78, 5) is 33.1. The van der Waals surface area contributed by atoms with E-state index >= 15 is 0 Å². The number of hydrogen-bond acceptors (Lipinski definition) is 9. The van der Waals surface area contributed by atoms with Gasteiger partial charge in [-0.05, 0) is 24.3 Å². The smallest absolute Gasteiger partial charge is 0.274 e. The summed E-state index contributed by atoms with van der Waals surface area (Å²) in [5, 5.41) is 6.98. The lowest BCUT2D eigenvalue weighted by Gasteiger charge is -2.36. The van der Waals surface area contributed by atoms with Crippen LogP contribution >= 0.6 is 22.7 Å². The van der Waals surface area contributed by atoms with Gasteiger partial charge in [-0.1, -0.05) is 31.3 Å². The number of carbonyl (C=O) groups excluding carboxylic acids is 1. The highest BCUT2D eigenvalue weighted by Crippen LogP contribution is 2.24. The zero-order valence-corrected chi connectivity index (χ0v) is 20.3. The van der Waals surface area contributed by atoms with Crippen LogP contribution in [0.3, 0.4) is 0 Å². The summed E-state index contributed by atoms with van der Waals surface area (Å²) in [6, 6.07) is 3.79.